The molecule has 7 nitrogen and oxygen atoms in total. The predicted molar refractivity (Wildman–Crippen MR) is 73.4 cm³/mol. The van der Waals surface area contributed by atoms with Gasteiger partial charge in [-0.3, -0.25) is 9.69 Å². The molecule has 0 saturated carbocycles. The van der Waals surface area contributed by atoms with Gasteiger partial charge in [-0.2, -0.15) is 0 Å². The summed E-state index contributed by atoms with van der Waals surface area (Å²) in [6.07, 6.45) is 0. The molecule has 1 aromatic carbocycles. The van der Waals surface area contributed by atoms with Crippen LogP contribution in [0.2, 0.25) is 0 Å². The molecule has 1 aliphatic rings. The fourth-order valence-corrected chi connectivity index (χ4v) is 2.75. The second kappa shape index (κ2) is 5.39. The van der Waals surface area contributed by atoms with E-state index in [0.717, 1.165) is 4.90 Å². The fraction of sp³-hybridized carbons (Fsp3) is 0.273. The van der Waals surface area contributed by atoms with Crippen molar-refractivity contribution in [2.24, 2.45) is 0 Å². The van der Waals surface area contributed by atoms with Crippen molar-refractivity contribution in [3.05, 3.63) is 24.3 Å². The number of rotatable bonds is 3. The molecule has 0 aromatic heterocycles. The van der Waals surface area contributed by atoms with Gasteiger partial charge in [-0.05, 0) is 42.9 Å². The monoisotopic (exact) mass is 317 g/mol. The van der Waals surface area contributed by atoms with Gasteiger partial charge in [0, 0.05) is 18.8 Å². The van der Waals surface area contributed by atoms with Crippen molar-refractivity contribution >= 4 is 38.7 Å². The first-order valence-electron chi connectivity index (χ1n) is 5.69. The second-order valence-electron chi connectivity index (χ2n) is 4.04. The highest BCUT2D eigenvalue weighted by molar-refractivity contribution is 7.89. The van der Waals surface area contributed by atoms with Gasteiger partial charge in [0.25, 0.3) is 0 Å². The summed E-state index contributed by atoms with van der Waals surface area (Å²) in [6.45, 7) is 0.521. The van der Waals surface area contributed by atoms with Gasteiger partial charge >= 0.3 is 11.4 Å². The lowest BCUT2D eigenvalue weighted by Crippen LogP contribution is -2.33. The summed E-state index contributed by atoms with van der Waals surface area (Å²) in [6, 6.07) is 5.27. The van der Waals surface area contributed by atoms with Crippen LogP contribution in [-0.4, -0.2) is 44.9 Å². The zero-order chi connectivity index (χ0) is 14.9. The van der Waals surface area contributed by atoms with Crippen molar-refractivity contribution in [3.63, 3.8) is 0 Å². The van der Waals surface area contributed by atoms with Crippen molar-refractivity contribution in [1.82, 2.24) is 9.62 Å². The number of anilines is 1. The van der Waals surface area contributed by atoms with Crippen LogP contribution in [0.1, 0.15) is 0 Å². The highest BCUT2D eigenvalue weighted by Gasteiger charge is 2.33. The van der Waals surface area contributed by atoms with E-state index >= 15 is 0 Å². The average molecular weight is 318 g/mol. The molecule has 0 radical (unpaired) electrons. The minimum atomic E-state index is -3.52. The Balaban J connectivity index is 2.24. The molecule has 2 rings (SSSR count). The number of urea groups is 1. The second-order valence-corrected chi connectivity index (χ2v) is 6.25. The zero-order valence-corrected chi connectivity index (χ0v) is 12.1. The maximum Gasteiger partial charge on any atom is 0.332 e. The Kier molecular flexibility index (Phi) is 3.98. The molecule has 1 aromatic rings. The predicted octanol–water partition coefficient (Wildman–Crippen LogP) is 1.20. The van der Waals surface area contributed by atoms with E-state index in [1.165, 1.54) is 36.2 Å². The Labute approximate surface area is 121 Å². The van der Waals surface area contributed by atoms with Gasteiger partial charge in [-0.25, -0.2) is 22.8 Å². The van der Waals surface area contributed by atoms with Crippen LogP contribution in [0, 0.1) is 0 Å². The first-order chi connectivity index (χ1) is 9.36. The van der Waals surface area contributed by atoms with Gasteiger partial charge in [0.15, 0.2) is 0 Å². The minimum Gasteiger partial charge on any atom is -0.292 e. The first-order valence-corrected chi connectivity index (χ1v) is 7.55. The first kappa shape index (κ1) is 14.8. The van der Waals surface area contributed by atoms with Gasteiger partial charge in [0.1, 0.15) is 0 Å². The maximum atomic E-state index is 11.9. The van der Waals surface area contributed by atoms with Crippen molar-refractivity contribution in [2.45, 2.75) is 4.90 Å². The number of carbonyl (C=O) groups is 2. The van der Waals surface area contributed by atoms with Crippen molar-refractivity contribution in [3.8, 4) is 0 Å². The van der Waals surface area contributed by atoms with E-state index in [1.807, 2.05) is 0 Å². The number of sulfonamides is 1. The third-order valence-corrected chi connectivity index (χ3v) is 4.58. The number of hydrogen-bond acceptors (Lipinski definition) is 4. The molecule has 1 N–H and O–H groups in total. The van der Waals surface area contributed by atoms with Gasteiger partial charge in [0.2, 0.25) is 10.0 Å². The minimum absolute atomic E-state index is 0.0978. The van der Waals surface area contributed by atoms with E-state index in [1.54, 1.807) is 0 Å². The smallest absolute Gasteiger partial charge is 0.292 e. The van der Waals surface area contributed by atoms with Crippen LogP contribution in [-0.2, 0) is 10.0 Å². The van der Waals surface area contributed by atoms with E-state index in [9.17, 15) is 18.0 Å². The molecule has 9 heteroatoms. The van der Waals surface area contributed by atoms with Crippen LogP contribution in [0.15, 0.2) is 29.2 Å². The maximum absolute atomic E-state index is 11.9. The SMILES string of the molecule is CNS(=O)(=O)c1ccc(N2CCN(C(=O)Cl)C2=O)cc1. The standard InChI is InChI=1S/C11H12ClN3O4S/c1-13-20(18,19)9-4-2-8(3-5-9)14-6-7-15(10(12)16)11(14)17/h2-5,13H,6-7H2,1H3. The lowest BCUT2D eigenvalue weighted by molar-refractivity contribution is 0.215. The normalized spacial score (nSPS) is 15.8. The molecule has 3 amide bonds. The zero-order valence-electron chi connectivity index (χ0n) is 10.5. The molecular formula is C11H12ClN3O4S. The summed E-state index contributed by atoms with van der Waals surface area (Å²) >= 11 is 5.29. The highest BCUT2D eigenvalue weighted by Crippen LogP contribution is 2.22. The molecule has 1 saturated heterocycles. The number of halogens is 1. The molecular weight excluding hydrogens is 306 g/mol. The molecule has 0 aliphatic carbocycles. The summed E-state index contributed by atoms with van der Waals surface area (Å²) in [4.78, 5) is 25.3. The Morgan fingerprint density at radius 3 is 2.30 bits per heavy atom. The molecule has 0 spiro atoms. The number of hydrogen-bond donors (Lipinski definition) is 1. The molecule has 1 aliphatic heterocycles. The number of nitrogens with zero attached hydrogens (tertiary/aromatic N) is 2. The van der Waals surface area contributed by atoms with Crippen molar-refractivity contribution < 1.29 is 18.0 Å². The number of carbonyl (C=O) groups excluding carboxylic acids is 2. The van der Waals surface area contributed by atoms with E-state index < -0.39 is 21.4 Å². The largest absolute Gasteiger partial charge is 0.332 e. The van der Waals surface area contributed by atoms with E-state index in [-0.39, 0.29) is 11.4 Å². The van der Waals surface area contributed by atoms with Crippen LogP contribution in [0.4, 0.5) is 15.3 Å². The lowest BCUT2D eigenvalue weighted by Gasteiger charge is -2.16. The molecule has 108 valence electrons. The summed E-state index contributed by atoms with van der Waals surface area (Å²) in [5, 5.41) is -0.827. The summed E-state index contributed by atoms with van der Waals surface area (Å²) in [5.41, 5.74) is 0.505. The van der Waals surface area contributed by atoms with Crippen molar-refractivity contribution in [1.29, 1.82) is 0 Å². The van der Waals surface area contributed by atoms with Gasteiger partial charge in [0.05, 0.1) is 4.90 Å². The number of imide groups is 1. The van der Waals surface area contributed by atoms with Crippen LogP contribution in [0.5, 0.6) is 0 Å². The summed E-state index contributed by atoms with van der Waals surface area (Å²) in [7, 11) is -2.20. The van der Waals surface area contributed by atoms with Gasteiger partial charge in [-0.1, -0.05) is 0 Å². The third-order valence-electron chi connectivity index (χ3n) is 2.95. The van der Waals surface area contributed by atoms with E-state index in [0.29, 0.717) is 12.2 Å². The number of amides is 3. The topological polar surface area (TPSA) is 86.8 Å². The molecule has 0 unspecified atom stereocenters. The van der Waals surface area contributed by atoms with Gasteiger partial charge < -0.3 is 0 Å². The third kappa shape index (κ3) is 2.62. The van der Waals surface area contributed by atoms with E-state index in [4.69, 9.17) is 11.6 Å². The Morgan fingerprint density at radius 2 is 1.85 bits per heavy atom. The van der Waals surface area contributed by atoms with E-state index in [2.05, 4.69) is 4.72 Å². The highest BCUT2D eigenvalue weighted by atomic mass is 35.5. The van der Waals surface area contributed by atoms with Gasteiger partial charge in [-0.15, -0.1) is 0 Å². The molecule has 1 heterocycles. The van der Waals surface area contributed by atoms with Crippen LogP contribution in [0.3, 0.4) is 0 Å². The van der Waals surface area contributed by atoms with Crippen LogP contribution in [0.25, 0.3) is 0 Å². The Morgan fingerprint density at radius 1 is 1.25 bits per heavy atom. The Bertz CT molecular complexity index is 644. The fourth-order valence-electron chi connectivity index (χ4n) is 1.86. The molecule has 20 heavy (non-hydrogen) atoms. The summed E-state index contributed by atoms with van der Waals surface area (Å²) < 4.78 is 25.4. The lowest BCUT2D eigenvalue weighted by atomic mass is 10.3. The summed E-state index contributed by atoms with van der Waals surface area (Å²) in [5.74, 6) is 0. The van der Waals surface area contributed by atoms with Crippen LogP contribution < -0.4 is 9.62 Å². The Hall–Kier alpha value is -1.64. The van der Waals surface area contributed by atoms with Crippen LogP contribution >= 0.6 is 11.6 Å². The molecule has 1 fully saturated rings. The number of nitrogens with one attached hydrogen (secondary N) is 1. The average Bonchev–Trinajstić information content (AvgIpc) is 2.81. The molecule has 0 bridgehead atoms. The quantitative estimate of drug-likeness (QED) is 0.670. The van der Waals surface area contributed by atoms with Crippen molar-refractivity contribution in [2.75, 3.05) is 25.0 Å². The number of benzene rings is 1. The molecule has 0 atom stereocenters.